The number of hydrogen-bond acceptors (Lipinski definition) is 3. The van der Waals surface area contributed by atoms with Crippen LogP contribution in [0.25, 0.3) is 11.0 Å². The van der Waals surface area contributed by atoms with Gasteiger partial charge in [-0.3, -0.25) is 0 Å². The number of hydrogen-bond donors (Lipinski definition) is 2. The average molecular weight is 301 g/mol. The second-order valence-electron chi connectivity index (χ2n) is 4.86. The van der Waals surface area contributed by atoms with E-state index < -0.39 is 0 Å². The summed E-state index contributed by atoms with van der Waals surface area (Å²) in [6, 6.07) is 13.2. The van der Waals surface area contributed by atoms with Gasteiger partial charge < -0.3 is 10.3 Å². The lowest BCUT2D eigenvalue weighted by molar-refractivity contribution is 0.587. The number of H-pyrrole nitrogens is 1. The standard InChI is InChI=1S/C16H16FN3S/c1-10(18-2)11-7-8-15(12(17)9-11)21-16-19-13-5-3-4-6-14(13)20-16/h3-10,18H,1-2H3,(H,19,20). The van der Waals surface area contributed by atoms with Crippen LogP contribution in [0.1, 0.15) is 18.5 Å². The molecule has 108 valence electrons. The molecule has 2 N–H and O–H groups in total. The van der Waals surface area contributed by atoms with E-state index in [-0.39, 0.29) is 11.9 Å². The maximum atomic E-state index is 14.2. The summed E-state index contributed by atoms with van der Waals surface area (Å²) in [6.07, 6.45) is 0. The van der Waals surface area contributed by atoms with E-state index in [9.17, 15) is 4.39 Å². The van der Waals surface area contributed by atoms with Crippen molar-refractivity contribution >= 4 is 22.8 Å². The summed E-state index contributed by atoms with van der Waals surface area (Å²) in [7, 11) is 1.86. The molecule has 0 spiro atoms. The Morgan fingerprint density at radius 3 is 2.76 bits per heavy atom. The highest BCUT2D eigenvalue weighted by atomic mass is 32.2. The third-order valence-corrected chi connectivity index (χ3v) is 4.40. The highest BCUT2D eigenvalue weighted by Crippen LogP contribution is 2.30. The van der Waals surface area contributed by atoms with E-state index in [4.69, 9.17) is 0 Å². The van der Waals surface area contributed by atoms with Crippen LogP contribution in [-0.2, 0) is 0 Å². The van der Waals surface area contributed by atoms with Gasteiger partial charge in [0.2, 0.25) is 0 Å². The maximum absolute atomic E-state index is 14.2. The van der Waals surface area contributed by atoms with Crippen molar-refractivity contribution in [2.24, 2.45) is 0 Å². The van der Waals surface area contributed by atoms with Crippen molar-refractivity contribution in [1.82, 2.24) is 15.3 Å². The molecule has 0 aliphatic carbocycles. The normalized spacial score (nSPS) is 12.7. The zero-order valence-electron chi connectivity index (χ0n) is 11.9. The van der Waals surface area contributed by atoms with Crippen LogP contribution in [-0.4, -0.2) is 17.0 Å². The second-order valence-corrected chi connectivity index (χ2v) is 5.89. The number of fused-ring (bicyclic) bond motifs is 1. The van der Waals surface area contributed by atoms with Crippen molar-refractivity contribution in [3.05, 3.63) is 53.8 Å². The molecule has 0 saturated heterocycles. The Kier molecular flexibility index (Phi) is 3.94. The van der Waals surface area contributed by atoms with Crippen molar-refractivity contribution in [3.63, 3.8) is 0 Å². The Labute approximate surface area is 127 Å². The average Bonchev–Trinajstić information content (AvgIpc) is 2.90. The number of aromatic nitrogens is 2. The molecular weight excluding hydrogens is 285 g/mol. The van der Waals surface area contributed by atoms with Crippen LogP contribution in [0.2, 0.25) is 0 Å². The lowest BCUT2D eigenvalue weighted by Crippen LogP contribution is -2.12. The maximum Gasteiger partial charge on any atom is 0.171 e. The molecule has 0 radical (unpaired) electrons. The zero-order chi connectivity index (χ0) is 14.8. The summed E-state index contributed by atoms with van der Waals surface area (Å²) in [5, 5.41) is 3.80. The molecule has 0 aliphatic rings. The Balaban J connectivity index is 1.87. The van der Waals surface area contributed by atoms with E-state index in [1.807, 2.05) is 44.3 Å². The number of para-hydroxylation sites is 2. The summed E-state index contributed by atoms with van der Waals surface area (Å²) in [4.78, 5) is 8.21. The number of rotatable bonds is 4. The number of aromatic amines is 1. The molecule has 3 rings (SSSR count). The minimum Gasteiger partial charge on any atom is -0.333 e. The van der Waals surface area contributed by atoms with E-state index in [1.54, 1.807) is 12.1 Å². The molecule has 3 aromatic rings. The molecule has 2 aromatic carbocycles. The molecule has 5 heteroatoms. The molecule has 1 heterocycles. The number of halogens is 1. The quantitative estimate of drug-likeness (QED) is 0.761. The van der Waals surface area contributed by atoms with E-state index in [2.05, 4.69) is 15.3 Å². The smallest absolute Gasteiger partial charge is 0.171 e. The largest absolute Gasteiger partial charge is 0.333 e. The molecular formula is C16H16FN3S. The highest BCUT2D eigenvalue weighted by molar-refractivity contribution is 7.99. The monoisotopic (exact) mass is 301 g/mol. The first-order valence-electron chi connectivity index (χ1n) is 6.76. The van der Waals surface area contributed by atoms with Gasteiger partial charge in [-0.05, 0) is 55.6 Å². The fourth-order valence-corrected chi connectivity index (χ4v) is 2.92. The van der Waals surface area contributed by atoms with Gasteiger partial charge in [0.1, 0.15) is 5.82 Å². The summed E-state index contributed by atoms with van der Waals surface area (Å²) in [5.41, 5.74) is 2.78. The predicted octanol–water partition coefficient (Wildman–Crippen LogP) is 4.13. The van der Waals surface area contributed by atoms with Gasteiger partial charge >= 0.3 is 0 Å². The first kappa shape index (κ1) is 14.1. The van der Waals surface area contributed by atoms with Crippen molar-refractivity contribution in [1.29, 1.82) is 0 Å². The molecule has 1 aromatic heterocycles. The minimum absolute atomic E-state index is 0.129. The molecule has 0 saturated carbocycles. The molecule has 0 bridgehead atoms. The van der Waals surface area contributed by atoms with Crippen molar-refractivity contribution < 1.29 is 4.39 Å². The van der Waals surface area contributed by atoms with Gasteiger partial charge in [-0.15, -0.1) is 0 Å². The lowest BCUT2D eigenvalue weighted by atomic mass is 10.1. The minimum atomic E-state index is -0.222. The molecule has 1 unspecified atom stereocenters. The molecule has 0 amide bonds. The topological polar surface area (TPSA) is 40.7 Å². The SMILES string of the molecule is CNC(C)c1ccc(Sc2nc3ccccc3[nH]2)c(F)c1. The Morgan fingerprint density at radius 2 is 2.05 bits per heavy atom. The van der Waals surface area contributed by atoms with Crippen LogP contribution in [0.3, 0.4) is 0 Å². The number of nitrogens with zero attached hydrogens (tertiary/aromatic N) is 1. The molecule has 0 fully saturated rings. The lowest BCUT2D eigenvalue weighted by Gasteiger charge is -2.11. The molecule has 21 heavy (non-hydrogen) atoms. The Hall–Kier alpha value is -1.85. The fraction of sp³-hybridized carbons (Fsp3) is 0.188. The van der Waals surface area contributed by atoms with E-state index in [0.29, 0.717) is 10.1 Å². The number of nitrogens with one attached hydrogen (secondary N) is 2. The number of benzene rings is 2. The molecule has 0 aliphatic heterocycles. The fourth-order valence-electron chi connectivity index (χ4n) is 2.12. The van der Waals surface area contributed by atoms with Gasteiger partial charge in [0.05, 0.1) is 15.9 Å². The summed E-state index contributed by atoms with van der Waals surface area (Å²) < 4.78 is 14.2. The first-order chi connectivity index (χ1) is 10.2. The van der Waals surface area contributed by atoms with Crippen LogP contribution < -0.4 is 5.32 Å². The van der Waals surface area contributed by atoms with Gasteiger partial charge in [-0.2, -0.15) is 0 Å². The third-order valence-electron chi connectivity index (χ3n) is 3.46. The second kappa shape index (κ2) is 5.87. The van der Waals surface area contributed by atoms with E-state index >= 15 is 0 Å². The summed E-state index contributed by atoms with van der Waals surface area (Å²) >= 11 is 1.31. The van der Waals surface area contributed by atoms with Gasteiger partial charge in [-0.1, -0.05) is 18.2 Å². The van der Waals surface area contributed by atoms with Crippen molar-refractivity contribution in [3.8, 4) is 0 Å². The van der Waals surface area contributed by atoms with E-state index in [0.717, 1.165) is 16.6 Å². The van der Waals surface area contributed by atoms with Crippen LogP contribution in [0, 0.1) is 5.82 Å². The Bertz CT molecular complexity index is 736. The van der Waals surface area contributed by atoms with Crippen molar-refractivity contribution in [2.75, 3.05) is 7.05 Å². The van der Waals surface area contributed by atoms with Crippen LogP contribution >= 0.6 is 11.8 Å². The number of imidazole rings is 1. The first-order valence-corrected chi connectivity index (χ1v) is 7.58. The van der Waals surface area contributed by atoms with Gasteiger partial charge in [0, 0.05) is 6.04 Å². The van der Waals surface area contributed by atoms with E-state index in [1.165, 1.54) is 11.8 Å². The van der Waals surface area contributed by atoms with Gasteiger partial charge in [-0.25, -0.2) is 9.37 Å². The zero-order valence-corrected chi connectivity index (χ0v) is 12.7. The van der Waals surface area contributed by atoms with Crippen LogP contribution in [0.15, 0.2) is 52.5 Å². The molecule has 1 atom stereocenters. The highest BCUT2D eigenvalue weighted by Gasteiger charge is 2.11. The summed E-state index contributed by atoms with van der Waals surface area (Å²) in [6.45, 7) is 2.00. The Morgan fingerprint density at radius 1 is 1.24 bits per heavy atom. The third kappa shape index (κ3) is 2.94. The van der Waals surface area contributed by atoms with Gasteiger partial charge in [0.15, 0.2) is 5.16 Å². The summed E-state index contributed by atoms with van der Waals surface area (Å²) in [5.74, 6) is -0.222. The van der Waals surface area contributed by atoms with Gasteiger partial charge in [0.25, 0.3) is 0 Å². The molecule has 3 nitrogen and oxygen atoms in total. The van der Waals surface area contributed by atoms with Crippen molar-refractivity contribution in [2.45, 2.75) is 23.0 Å². The predicted molar refractivity (Wildman–Crippen MR) is 84.1 cm³/mol. The van der Waals surface area contributed by atoms with Crippen LogP contribution in [0.4, 0.5) is 4.39 Å². The van der Waals surface area contributed by atoms with Crippen LogP contribution in [0.5, 0.6) is 0 Å².